The molecular weight excluding hydrogens is 280 g/mol. The lowest BCUT2D eigenvalue weighted by Gasteiger charge is -2.46. The van der Waals surface area contributed by atoms with Crippen LogP contribution in [0.3, 0.4) is 0 Å². The number of hydrogen-bond acceptors (Lipinski definition) is 2. The van der Waals surface area contributed by atoms with Crippen LogP contribution in [-0.2, 0) is 6.54 Å². The van der Waals surface area contributed by atoms with Gasteiger partial charge >= 0.3 is 0 Å². The minimum absolute atomic E-state index is 0.656. The van der Waals surface area contributed by atoms with Gasteiger partial charge in [-0.25, -0.2) is 0 Å². The fraction of sp³-hybridized carbons (Fsp3) is 0.714. The molecule has 1 saturated carbocycles. The topological polar surface area (TPSA) is 15.3 Å². The lowest BCUT2D eigenvalue weighted by molar-refractivity contribution is 0.0529. The molecule has 2 nitrogen and oxygen atoms in total. The van der Waals surface area contributed by atoms with Crippen molar-refractivity contribution in [2.75, 3.05) is 13.1 Å². The molecule has 2 fully saturated rings. The number of benzene rings is 1. The second-order valence-corrected chi connectivity index (χ2v) is 7.78. The van der Waals surface area contributed by atoms with Crippen molar-refractivity contribution in [3.05, 3.63) is 35.9 Å². The Morgan fingerprint density at radius 3 is 2.57 bits per heavy atom. The van der Waals surface area contributed by atoms with Gasteiger partial charge in [-0.2, -0.15) is 0 Å². The highest BCUT2D eigenvalue weighted by Crippen LogP contribution is 2.31. The second kappa shape index (κ2) is 8.30. The van der Waals surface area contributed by atoms with Crippen LogP contribution < -0.4 is 5.32 Å². The van der Waals surface area contributed by atoms with Crippen molar-refractivity contribution in [2.45, 2.75) is 71.0 Å². The summed E-state index contributed by atoms with van der Waals surface area (Å²) in [6, 6.07) is 12.5. The molecule has 1 heterocycles. The van der Waals surface area contributed by atoms with Crippen LogP contribution in [0.25, 0.3) is 0 Å². The summed E-state index contributed by atoms with van der Waals surface area (Å²) in [4.78, 5) is 2.80. The number of nitrogens with zero attached hydrogens (tertiary/aromatic N) is 1. The van der Waals surface area contributed by atoms with Crippen molar-refractivity contribution in [3.63, 3.8) is 0 Å². The Balaban J connectivity index is 1.71. The minimum Gasteiger partial charge on any atom is -0.311 e. The zero-order valence-corrected chi connectivity index (χ0v) is 15.0. The zero-order valence-electron chi connectivity index (χ0n) is 15.0. The van der Waals surface area contributed by atoms with E-state index in [-0.39, 0.29) is 0 Å². The molecule has 1 N–H and O–H groups in total. The molecule has 2 heteroatoms. The number of hydrogen-bond donors (Lipinski definition) is 1. The van der Waals surface area contributed by atoms with Gasteiger partial charge in [-0.05, 0) is 30.2 Å². The first-order valence-electron chi connectivity index (χ1n) is 9.79. The minimum atomic E-state index is 0.656. The number of rotatable bonds is 5. The van der Waals surface area contributed by atoms with Crippen LogP contribution in [0.2, 0.25) is 0 Å². The van der Waals surface area contributed by atoms with E-state index in [1.807, 2.05) is 0 Å². The van der Waals surface area contributed by atoms with Crippen molar-refractivity contribution < 1.29 is 0 Å². The number of piperazine rings is 1. The van der Waals surface area contributed by atoms with Crippen molar-refractivity contribution in [1.29, 1.82) is 0 Å². The molecule has 1 aliphatic carbocycles. The van der Waals surface area contributed by atoms with Crippen LogP contribution in [0, 0.1) is 11.8 Å². The summed E-state index contributed by atoms with van der Waals surface area (Å²) in [5, 5.41) is 3.89. The molecule has 3 atom stereocenters. The maximum absolute atomic E-state index is 3.89. The van der Waals surface area contributed by atoms with Gasteiger partial charge in [0.2, 0.25) is 0 Å². The molecule has 3 unspecified atom stereocenters. The normalized spacial score (nSPS) is 28.6. The first-order valence-corrected chi connectivity index (χ1v) is 9.79. The summed E-state index contributed by atoms with van der Waals surface area (Å²) in [7, 11) is 0. The van der Waals surface area contributed by atoms with Crippen LogP contribution in [0.5, 0.6) is 0 Å². The summed E-state index contributed by atoms with van der Waals surface area (Å²) in [5.41, 5.74) is 1.47. The van der Waals surface area contributed by atoms with Gasteiger partial charge in [0.1, 0.15) is 0 Å². The third kappa shape index (κ3) is 4.36. The van der Waals surface area contributed by atoms with Crippen molar-refractivity contribution in [1.82, 2.24) is 10.2 Å². The van der Waals surface area contributed by atoms with E-state index < -0.39 is 0 Å². The van der Waals surface area contributed by atoms with E-state index in [0.717, 1.165) is 24.4 Å². The molecule has 128 valence electrons. The maximum atomic E-state index is 3.89. The van der Waals surface area contributed by atoms with Crippen molar-refractivity contribution in [3.8, 4) is 0 Å². The van der Waals surface area contributed by atoms with Gasteiger partial charge in [-0.3, -0.25) is 4.90 Å². The average Bonchev–Trinajstić information content (AvgIpc) is 2.62. The van der Waals surface area contributed by atoms with Gasteiger partial charge < -0.3 is 5.32 Å². The van der Waals surface area contributed by atoms with E-state index >= 15 is 0 Å². The van der Waals surface area contributed by atoms with Gasteiger partial charge in [0, 0.05) is 31.7 Å². The molecule has 3 rings (SSSR count). The van der Waals surface area contributed by atoms with E-state index in [4.69, 9.17) is 0 Å². The van der Waals surface area contributed by atoms with Crippen molar-refractivity contribution in [2.24, 2.45) is 11.8 Å². The molecule has 0 radical (unpaired) electrons. The largest absolute Gasteiger partial charge is 0.311 e. The molecule has 1 aliphatic heterocycles. The Morgan fingerprint density at radius 1 is 1.13 bits per heavy atom. The van der Waals surface area contributed by atoms with Crippen LogP contribution >= 0.6 is 0 Å². The maximum Gasteiger partial charge on any atom is 0.0253 e. The predicted octanol–water partition coefficient (Wildman–Crippen LogP) is 4.46. The first-order chi connectivity index (χ1) is 11.3. The van der Waals surface area contributed by atoms with Gasteiger partial charge in [-0.1, -0.05) is 69.9 Å². The second-order valence-electron chi connectivity index (χ2n) is 7.78. The first kappa shape index (κ1) is 17.0. The van der Waals surface area contributed by atoms with Crippen LogP contribution in [0.1, 0.15) is 57.9 Å². The third-order valence-electron chi connectivity index (χ3n) is 6.24. The van der Waals surface area contributed by atoms with Gasteiger partial charge in [0.25, 0.3) is 0 Å². The molecular formula is C21H34N2. The third-order valence-corrected chi connectivity index (χ3v) is 6.24. The van der Waals surface area contributed by atoms with E-state index in [0.29, 0.717) is 6.04 Å². The highest BCUT2D eigenvalue weighted by molar-refractivity contribution is 5.15. The molecule has 2 aliphatic rings. The van der Waals surface area contributed by atoms with E-state index in [1.54, 1.807) is 0 Å². The van der Waals surface area contributed by atoms with Crippen LogP contribution in [0.4, 0.5) is 0 Å². The van der Waals surface area contributed by atoms with Crippen molar-refractivity contribution >= 4 is 0 Å². The lowest BCUT2D eigenvalue weighted by atomic mass is 9.81. The monoisotopic (exact) mass is 314 g/mol. The molecule has 0 amide bonds. The molecule has 0 bridgehead atoms. The van der Waals surface area contributed by atoms with Crippen LogP contribution in [0.15, 0.2) is 30.3 Å². The summed E-state index contributed by atoms with van der Waals surface area (Å²) < 4.78 is 0. The molecule has 0 aromatic heterocycles. The predicted molar refractivity (Wildman–Crippen MR) is 98.5 cm³/mol. The Bertz CT molecular complexity index is 452. The van der Waals surface area contributed by atoms with Gasteiger partial charge in [0.15, 0.2) is 0 Å². The Morgan fingerprint density at radius 2 is 1.87 bits per heavy atom. The van der Waals surface area contributed by atoms with Gasteiger partial charge in [-0.15, -0.1) is 0 Å². The summed E-state index contributed by atoms with van der Waals surface area (Å²) in [6.45, 7) is 8.24. The zero-order chi connectivity index (χ0) is 16.1. The Hall–Kier alpha value is -0.860. The van der Waals surface area contributed by atoms with Crippen LogP contribution in [-0.4, -0.2) is 30.1 Å². The van der Waals surface area contributed by atoms with Gasteiger partial charge in [0.05, 0.1) is 0 Å². The fourth-order valence-electron chi connectivity index (χ4n) is 4.50. The average molecular weight is 315 g/mol. The molecule has 1 saturated heterocycles. The highest BCUT2D eigenvalue weighted by Gasteiger charge is 2.35. The lowest BCUT2D eigenvalue weighted by Crippen LogP contribution is -2.60. The highest BCUT2D eigenvalue weighted by atomic mass is 15.2. The smallest absolute Gasteiger partial charge is 0.0253 e. The molecule has 23 heavy (non-hydrogen) atoms. The summed E-state index contributed by atoms with van der Waals surface area (Å²) in [5.74, 6) is 1.67. The Labute approximate surface area is 142 Å². The summed E-state index contributed by atoms with van der Waals surface area (Å²) in [6.07, 6.45) is 8.47. The standard InChI is InChI=1S/C21H34N2/c1-3-17(2)20-16-23(15-18-10-6-4-7-11-18)21(14-22-20)19-12-8-5-9-13-19/h4,6-7,10-11,17,19-22H,3,5,8-9,12-16H2,1-2H3. The quantitative estimate of drug-likeness (QED) is 0.863. The molecule has 1 aromatic rings. The van der Waals surface area contributed by atoms with E-state index in [9.17, 15) is 0 Å². The molecule has 0 spiro atoms. The molecule has 1 aromatic carbocycles. The fourth-order valence-corrected chi connectivity index (χ4v) is 4.50. The van der Waals surface area contributed by atoms with E-state index in [2.05, 4.69) is 54.4 Å². The SMILES string of the molecule is CCC(C)C1CN(Cc2ccccc2)C(C2CCCCC2)CN1. The number of nitrogens with one attached hydrogen (secondary N) is 1. The Kier molecular flexibility index (Phi) is 6.13. The van der Waals surface area contributed by atoms with E-state index in [1.165, 1.54) is 57.2 Å². The summed E-state index contributed by atoms with van der Waals surface area (Å²) >= 11 is 0.